The molecule has 34 heteroatoms. The van der Waals surface area contributed by atoms with Gasteiger partial charge in [0, 0.05) is 39.5 Å². The van der Waals surface area contributed by atoms with E-state index in [0.29, 0.717) is 82.9 Å². The van der Waals surface area contributed by atoms with Crippen molar-refractivity contribution in [2.75, 3.05) is 33.5 Å². The lowest BCUT2D eigenvalue weighted by molar-refractivity contribution is 0.357. The molecule has 10 aromatic rings. The Morgan fingerprint density at radius 1 is 0.379 bits per heavy atom. The molecule has 29 nitrogen and oxygen atoms in total. The summed E-state index contributed by atoms with van der Waals surface area (Å²) >= 11 is 0. The van der Waals surface area contributed by atoms with Crippen molar-refractivity contribution in [1.82, 2.24) is 99.7 Å². The number of nitrogens with zero attached hydrogens (tertiary/aromatic N) is 16. The average molecular weight is 1670 g/mol. The van der Waals surface area contributed by atoms with E-state index in [9.17, 15) is 38.1 Å². The molecule has 0 bridgehead atoms. The Kier molecular flexibility index (Phi) is 30.4. The molecule has 622 valence electrons. The molecule has 0 radical (unpaired) electrons. The third-order valence-corrected chi connectivity index (χ3v) is 28.4. The lowest BCUT2D eigenvalue weighted by Crippen LogP contribution is -2.23. The Bertz CT molecular complexity index is 5330. The minimum Gasteiger partial charge on any atom is -0.382 e. The molecule has 5 N–H and O–H groups in total. The van der Waals surface area contributed by atoms with Crippen molar-refractivity contribution in [3.63, 3.8) is 0 Å². The molecule has 5 aliphatic rings. The minimum atomic E-state index is -3.61. The van der Waals surface area contributed by atoms with Gasteiger partial charge in [-0.2, -0.15) is 19.2 Å². The second kappa shape index (κ2) is 40.9. The number of benzene rings is 6. The standard InChI is InChI=1S/C22H26FN5O2S.C22H27N5O2S.C20H29N5O2S.C18H28N6O2S/c1-24-31(29,30)19-12-11-17(13-16-7-3-2-4-8-16)20(14-19)22-25-27-28(26-22)15-18-9-5-6-10-21(18)23;1-23-30(28,29)20-13-12-19(14-17-8-4-2-5-9-17)21(15-20)22-24-26-27(25-22)16-18-10-6-3-7-11-18;1-21-28(26,27)18-12-11-16(13-15-7-3-2-4-8-15)19(14-18)20-22-24-25(23-20)17-9-5-6-10-17;1-3-4-12-24-22-18(21-23-24)16-13-15(27(25,26)19-2)10-11-17(16)20-14-8-6-5-7-9-14/h5-6,9-12,14,16,24H,2-4,7-8,13,15H2,1H3;3,6-7,10-13,15,17,23H,2,4-5,8-9,14,16H2,1H3;11-12,14-15,17,21H,2-10,13H2,1H3;10-11,13-14,19-20H,3-9,12H2,1-2H3. The normalized spacial score (nSPS) is 16.4. The van der Waals surface area contributed by atoms with Gasteiger partial charge in [0.1, 0.15) is 5.82 Å². The molecule has 0 saturated heterocycles. The van der Waals surface area contributed by atoms with E-state index in [1.54, 1.807) is 87.2 Å². The van der Waals surface area contributed by atoms with Crippen LogP contribution in [-0.2, 0) is 79.0 Å². The summed E-state index contributed by atoms with van der Waals surface area (Å²) in [5, 5.41) is 55.2. The highest BCUT2D eigenvalue weighted by molar-refractivity contribution is 7.90. The number of anilines is 1. The summed E-state index contributed by atoms with van der Waals surface area (Å²) in [6, 6.07) is 37.8. The van der Waals surface area contributed by atoms with Crippen LogP contribution in [0.2, 0.25) is 0 Å². The summed E-state index contributed by atoms with van der Waals surface area (Å²) < 4.78 is 122. The quantitative estimate of drug-likeness (QED) is 0.0304. The number of nitrogens with one attached hydrogen (secondary N) is 5. The summed E-state index contributed by atoms with van der Waals surface area (Å²) in [5.41, 5.74) is 8.46. The van der Waals surface area contributed by atoms with Crippen LogP contribution >= 0.6 is 0 Å². The van der Waals surface area contributed by atoms with Gasteiger partial charge in [-0.15, -0.1) is 40.8 Å². The van der Waals surface area contributed by atoms with Crippen molar-refractivity contribution >= 4 is 45.8 Å². The van der Waals surface area contributed by atoms with Gasteiger partial charge in [0.05, 0.1) is 45.3 Å². The highest BCUT2D eigenvalue weighted by Gasteiger charge is 2.29. The van der Waals surface area contributed by atoms with Crippen LogP contribution in [-0.4, -0.2) is 149 Å². The number of aryl methyl sites for hydroxylation is 1. The number of rotatable bonds is 28. The highest BCUT2D eigenvalue weighted by atomic mass is 32.2. The molecule has 0 amide bonds. The van der Waals surface area contributed by atoms with E-state index in [0.717, 1.165) is 96.9 Å². The van der Waals surface area contributed by atoms with Crippen LogP contribution in [0.25, 0.3) is 45.6 Å². The van der Waals surface area contributed by atoms with Crippen LogP contribution in [0.3, 0.4) is 0 Å². The van der Waals surface area contributed by atoms with Gasteiger partial charge in [-0.3, -0.25) is 0 Å². The first-order chi connectivity index (χ1) is 56.1. The number of unbranched alkanes of at least 4 members (excludes halogenated alkanes) is 1. The molecule has 5 saturated carbocycles. The predicted molar refractivity (Wildman–Crippen MR) is 443 cm³/mol. The number of halogens is 1. The Balaban J connectivity index is 0.000000143. The molecule has 4 aromatic heterocycles. The second-order valence-corrected chi connectivity index (χ2v) is 38.4. The zero-order valence-corrected chi connectivity index (χ0v) is 70.3. The SMILES string of the molecule is CCCCn1nnc(-c2cc(S(=O)(=O)NC)ccc2NC2CCCCC2)n1.CNS(=O)(=O)c1ccc(CC2CCCCC2)c(-c2nnn(C3CCCC3)n2)c1.CNS(=O)(=O)c1ccc(CC2CCCCC2)c(-c2nnn(Cc3ccccc3)n2)c1.CNS(=O)(=O)c1ccc(CC2CCCCC2)c(-c2nnn(Cc3ccccc3F)n2)c1. The van der Waals surface area contributed by atoms with E-state index in [-0.39, 0.29) is 31.9 Å². The summed E-state index contributed by atoms with van der Waals surface area (Å²) in [7, 11) is -8.59. The zero-order valence-electron chi connectivity index (χ0n) is 67.1. The van der Waals surface area contributed by atoms with Gasteiger partial charge in [0.2, 0.25) is 63.4 Å². The van der Waals surface area contributed by atoms with E-state index < -0.39 is 40.1 Å². The van der Waals surface area contributed by atoms with Crippen molar-refractivity contribution in [1.29, 1.82) is 0 Å². The maximum absolute atomic E-state index is 14.0. The van der Waals surface area contributed by atoms with E-state index in [1.165, 1.54) is 167 Å². The third kappa shape index (κ3) is 23.2. The first-order valence-corrected chi connectivity index (χ1v) is 47.0. The van der Waals surface area contributed by atoms with Gasteiger partial charge >= 0.3 is 0 Å². The number of hydrogen-bond acceptors (Lipinski definition) is 21. The number of aromatic nitrogens is 16. The van der Waals surface area contributed by atoms with Crippen LogP contribution in [0, 0.1) is 23.6 Å². The molecule has 0 spiro atoms. The first kappa shape index (κ1) is 86.3. The van der Waals surface area contributed by atoms with E-state index in [1.807, 2.05) is 48.5 Å². The molecule has 116 heavy (non-hydrogen) atoms. The Morgan fingerprint density at radius 2 is 0.750 bits per heavy atom. The Morgan fingerprint density at radius 3 is 1.20 bits per heavy atom. The molecule has 0 atom stereocenters. The largest absolute Gasteiger partial charge is 0.382 e. The van der Waals surface area contributed by atoms with Gasteiger partial charge in [-0.1, -0.05) is 208 Å². The summed E-state index contributed by atoms with van der Waals surface area (Å²) in [6.07, 6.45) is 33.9. The van der Waals surface area contributed by atoms with Crippen LogP contribution in [0.1, 0.15) is 208 Å². The number of hydrogen-bond donors (Lipinski definition) is 5. The van der Waals surface area contributed by atoms with Crippen molar-refractivity contribution in [2.24, 2.45) is 17.8 Å². The van der Waals surface area contributed by atoms with E-state index in [2.05, 4.69) is 92.8 Å². The van der Waals surface area contributed by atoms with E-state index in [4.69, 9.17) is 0 Å². The molecule has 15 rings (SSSR count). The van der Waals surface area contributed by atoms with Crippen molar-refractivity contribution in [3.8, 4) is 45.6 Å². The summed E-state index contributed by atoms with van der Waals surface area (Å²) in [4.78, 5) is 6.99. The molecule has 4 heterocycles. The maximum atomic E-state index is 14.0. The fraction of sp³-hybridized carbons (Fsp3) is 0.512. The van der Waals surface area contributed by atoms with Crippen molar-refractivity contribution < 1.29 is 38.1 Å². The van der Waals surface area contributed by atoms with Gasteiger partial charge in [-0.05, 0) is 201 Å². The highest BCUT2D eigenvalue weighted by Crippen LogP contribution is 2.38. The van der Waals surface area contributed by atoms with E-state index >= 15 is 0 Å². The summed E-state index contributed by atoms with van der Waals surface area (Å²) in [5.74, 6) is 3.27. The van der Waals surface area contributed by atoms with Gasteiger partial charge in [0.25, 0.3) is 0 Å². The average Bonchev–Trinajstić information content (AvgIpc) is 1.46. The summed E-state index contributed by atoms with van der Waals surface area (Å²) in [6.45, 7) is 3.46. The van der Waals surface area contributed by atoms with Crippen molar-refractivity contribution in [2.45, 2.75) is 244 Å². The second-order valence-electron chi connectivity index (χ2n) is 30.9. The van der Waals surface area contributed by atoms with Crippen LogP contribution in [0.15, 0.2) is 147 Å². The van der Waals surface area contributed by atoms with Gasteiger partial charge < -0.3 is 5.32 Å². The van der Waals surface area contributed by atoms with Gasteiger partial charge in [0.15, 0.2) is 0 Å². The number of sulfonamides is 4. The Labute approximate surface area is 681 Å². The van der Waals surface area contributed by atoms with Crippen LogP contribution < -0.4 is 24.2 Å². The topological polar surface area (TPSA) is 371 Å². The Hall–Kier alpha value is -9.03. The number of tetrazole rings is 4. The minimum absolute atomic E-state index is 0.145. The molecule has 6 aromatic carbocycles. The van der Waals surface area contributed by atoms with Crippen LogP contribution in [0.5, 0.6) is 0 Å². The molecule has 0 unspecified atom stereocenters. The third-order valence-electron chi connectivity index (χ3n) is 22.8. The lowest BCUT2D eigenvalue weighted by atomic mass is 9.84. The monoisotopic (exact) mass is 1660 g/mol. The molecule has 5 aliphatic carbocycles. The van der Waals surface area contributed by atoms with Gasteiger partial charge in [-0.25, -0.2) is 56.9 Å². The van der Waals surface area contributed by atoms with Crippen molar-refractivity contribution in [3.05, 3.63) is 161 Å². The molecule has 0 aliphatic heterocycles. The lowest BCUT2D eigenvalue weighted by Gasteiger charge is -2.25. The molecule has 5 fully saturated rings. The fourth-order valence-electron chi connectivity index (χ4n) is 16.1. The molecular weight excluding hydrogens is 1550 g/mol. The van der Waals surface area contributed by atoms with Crippen LogP contribution in [0.4, 0.5) is 10.1 Å². The maximum Gasteiger partial charge on any atom is 0.240 e. The zero-order chi connectivity index (χ0) is 81.7. The molecular formula is C82H110FN21O8S4. The smallest absolute Gasteiger partial charge is 0.240 e. The fourth-order valence-corrected chi connectivity index (χ4v) is 19.1. The predicted octanol–water partition coefficient (Wildman–Crippen LogP) is 13.3. The first-order valence-electron chi connectivity index (χ1n) is 41.1.